The minimum Gasteiger partial charge on any atom is -0.396 e. The molecule has 16 heavy (non-hydrogen) atoms. The largest absolute Gasteiger partial charge is 0.396 e. The van der Waals surface area contributed by atoms with Gasteiger partial charge in [0, 0.05) is 18.0 Å². The van der Waals surface area contributed by atoms with Crippen LogP contribution in [0, 0.1) is 12.3 Å². The zero-order chi connectivity index (χ0) is 12.0. The van der Waals surface area contributed by atoms with Gasteiger partial charge >= 0.3 is 0 Å². The Morgan fingerprint density at radius 3 is 2.81 bits per heavy atom. The van der Waals surface area contributed by atoms with E-state index in [0.29, 0.717) is 0 Å². The van der Waals surface area contributed by atoms with E-state index in [1.165, 1.54) is 4.88 Å². The number of hydrogen-bond donors (Lipinski definition) is 2. The van der Waals surface area contributed by atoms with Gasteiger partial charge in [-0.05, 0) is 31.7 Å². The van der Waals surface area contributed by atoms with Gasteiger partial charge in [0.15, 0.2) is 0 Å². The first-order valence-electron chi connectivity index (χ1n) is 5.76. The predicted octanol–water partition coefficient (Wildman–Crippen LogP) is 2.34. The predicted molar refractivity (Wildman–Crippen MR) is 68.7 cm³/mol. The quantitative estimate of drug-likeness (QED) is 0.721. The molecule has 92 valence electrons. The van der Waals surface area contributed by atoms with Crippen molar-refractivity contribution in [2.24, 2.45) is 5.41 Å². The second-order valence-corrected chi connectivity index (χ2v) is 5.90. The number of aryl methyl sites for hydroxylation is 1. The molecule has 0 fully saturated rings. The maximum absolute atomic E-state index is 9.11. The molecule has 0 saturated heterocycles. The average Bonchev–Trinajstić information content (AvgIpc) is 2.64. The van der Waals surface area contributed by atoms with Crippen molar-refractivity contribution in [1.29, 1.82) is 0 Å². The first kappa shape index (κ1) is 13.6. The number of rotatable bonds is 7. The van der Waals surface area contributed by atoms with Crippen molar-refractivity contribution >= 4 is 11.3 Å². The molecule has 1 aromatic rings. The molecule has 3 nitrogen and oxygen atoms in total. The summed E-state index contributed by atoms with van der Waals surface area (Å²) in [6.45, 7) is 8.42. The van der Waals surface area contributed by atoms with Crippen molar-refractivity contribution in [3.63, 3.8) is 0 Å². The van der Waals surface area contributed by atoms with Gasteiger partial charge in [-0.2, -0.15) is 0 Å². The first-order chi connectivity index (χ1) is 7.55. The third kappa shape index (κ3) is 4.60. The maximum Gasteiger partial charge on any atom is 0.0798 e. The Hall–Kier alpha value is -0.450. The molecule has 0 radical (unpaired) electrons. The third-order valence-corrected chi connectivity index (χ3v) is 3.70. The maximum atomic E-state index is 9.11. The molecule has 2 N–H and O–H groups in total. The van der Waals surface area contributed by atoms with E-state index in [0.717, 1.165) is 31.6 Å². The van der Waals surface area contributed by atoms with Gasteiger partial charge in [0.2, 0.25) is 0 Å². The van der Waals surface area contributed by atoms with Crippen molar-refractivity contribution in [3.8, 4) is 0 Å². The van der Waals surface area contributed by atoms with Crippen LogP contribution in [0.1, 0.15) is 37.3 Å². The smallest absolute Gasteiger partial charge is 0.0798 e. The molecule has 1 heterocycles. The summed E-state index contributed by atoms with van der Waals surface area (Å²) >= 11 is 1.70. The van der Waals surface area contributed by atoms with Crippen LogP contribution in [0.2, 0.25) is 0 Å². The van der Waals surface area contributed by atoms with Crippen LogP contribution in [0.3, 0.4) is 0 Å². The van der Waals surface area contributed by atoms with Crippen LogP contribution in [0.5, 0.6) is 0 Å². The van der Waals surface area contributed by atoms with E-state index in [-0.39, 0.29) is 12.0 Å². The molecule has 0 bridgehead atoms. The second-order valence-electron chi connectivity index (χ2n) is 4.96. The molecule has 0 aliphatic rings. The van der Waals surface area contributed by atoms with E-state index >= 15 is 0 Å². The summed E-state index contributed by atoms with van der Waals surface area (Å²) in [5.74, 6) is 0. The summed E-state index contributed by atoms with van der Waals surface area (Å²) in [6.07, 6.45) is 2.16. The summed E-state index contributed by atoms with van der Waals surface area (Å²) in [5, 5.41) is 12.5. The van der Waals surface area contributed by atoms with Crippen LogP contribution in [-0.2, 0) is 6.54 Å². The molecule has 1 rings (SSSR count). The lowest BCUT2D eigenvalue weighted by Crippen LogP contribution is -2.20. The van der Waals surface area contributed by atoms with Gasteiger partial charge in [0.05, 0.1) is 11.2 Å². The Balaban J connectivity index is 2.11. The van der Waals surface area contributed by atoms with Crippen LogP contribution in [0.15, 0.2) is 5.51 Å². The topological polar surface area (TPSA) is 45.2 Å². The summed E-state index contributed by atoms with van der Waals surface area (Å²) in [4.78, 5) is 5.53. The molecule has 0 unspecified atom stereocenters. The SMILES string of the molecule is Cc1ncsc1CNCCCC(C)(C)CO. The lowest BCUT2D eigenvalue weighted by molar-refractivity contribution is 0.148. The number of nitrogens with zero attached hydrogens (tertiary/aromatic N) is 1. The average molecular weight is 242 g/mol. The van der Waals surface area contributed by atoms with Gasteiger partial charge in [0.1, 0.15) is 0 Å². The highest BCUT2D eigenvalue weighted by molar-refractivity contribution is 7.09. The monoisotopic (exact) mass is 242 g/mol. The zero-order valence-corrected chi connectivity index (χ0v) is 11.2. The Morgan fingerprint density at radius 1 is 1.50 bits per heavy atom. The Kier molecular flexibility index (Phi) is 5.38. The fraction of sp³-hybridized carbons (Fsp3) is 0.750. The van der Waals surface area contributed by atoms with Gasteiger partial charge in [-0.15, -0.1) is 11.3 Å². The van der Waals surface area contributed by atoms with Crippen LogP contribution in [0.25, 0.3) is 0 Å². The van der Waals surface area contributed by atoms with Gasteiger partial charge in [-0.3, -0.25) is 0 Å². The van der Waals surface area contributed by atoms with Crippen LogP contribution < -0.4 is 5.32 Å². The van der Waals surface area contributed by atoms with Gasteiger partial charge in [-0.25, -0.2) is 4.98 Å². The second kappa shape index (κ2) is 6.33. The molecule has 4 heteroatoms. The highest BCUT2D eigenvalue weighted by Gasteiger charge is 2.15. The molecule has 0 spiro atoms. The van der Waals surface area contributed by atoms with Crippen molar-refractivity contribution in [2.45, 2.75) is 40.2 Å². The molecule has 0 aliphatic carbocycles. The standard InChI is InChI=1S/C12H22N2OS/c1-10-11(16-9-14-10)7-13-6-4-5-12(2,3)8-15/h9,13,15H,4-8H2,1-3H3. The molecular weight excluding hydrogens is 220 g/mol. The lowest BCUT2D eigenvalue weighted by atomic mass is 9.89. The van der Waals surface area contributed by atoms with E-state index < -0.39 is 0 Å². The molecule has 0 saturated carbocycles. The van der Waals surface area contributed by atoms with E-state index in [1.54, 1.807) is 11.3 Å². The highest BCUT2D eigenvalue weighted by atomic mass is 32.1. The fourth-order valence-corrected chi connectivity index (χ4v) is 2.22. The van der Waals surface area contributed by atoms with E-state index in [9.17, 15) is 0 Å². The van der Waals surface area contributed by atoms with Crippen molar-refractivity contribution in [3.05, 3.63) is 16.1 Å². The third-order valence-electron chi connectivity index (χ3n) is 2.77. The minimum absolute atomic E-state index is 0.0576. The normalized spacial score (nSPS) is 12.0. The molecule has 0 atom stereocenters. The summed E-state index contributed by atoms with van der Waals surface area (Å²) in [7, 11) is 0. The Labute approximate surface area is 102 Å². The molecule has 0 aliphatic heterocycles. The molecular formula is C12H22N2OS. The number of nitrogens with one attached hydrogen (secondary N) is 1. The van der Waals surface area contributed by atoms with Gasteiger partial charge in [-0.1, -0.05) is 13.8 Å². The number of aromatic nitrogens is 1. The van der Waals surface area contributed by atoms with Crippen LogP contribution in [-0.4, -0.2) is 23.2 Å². The summed E-state index contributed by atoms with van der Waals surface area (Å²) in [6, 6.07) is 0. The summed E-state index contributed by atoms with van der Waals surface area (Å²) < 4.78 is 0. The number of aliphatic hydroxyl groups excluding tert-OH is 1. The number of thiazole rings is 1. The molecule has 0 amide bonds. The van der Waals surface area contributed by atoms with Gasteiger partial charge < -0.3 is 10.4 Å². The fourth-order valence-electron chi connectivity index (χ4n) is 1.47. The number of hydrogen-bond acceptors (Lipinski definition) is 4. The highest BCUT2D eigenvalue weighted by Crippen LogP contribution is 2.20. The van der Waals surface area contributed by atoms with Crippen LogP contribution in [0.4, 0.5) is 0 Å². The summed E-state index contributed by atoms with van der Waals surface area (Å²) in [5.41, 5.74) is 3.08. The van der Waals surface area contributed by atoms with E-state index in [1.807, 2.05) is 12.4 Å². The van der Waals surface area contributed by atoms with Crippen LogP contribution >= 0.6 is 11.3 Å². The first-order valence-corrected chi connectivity index (χ1v) is 6.64. The minimum atomic E-state index is 0.0576. The van der Waals surface area contributed by atoms with Crippen molar-refractivity contribution < 1.29 is 5.11 Å². The Morgan fingerprint density at radius 2 is 2.25 bits per heavy atom. The zero-order valence-electron chi connectivity index (χ0n) is 10.4. The van der Waals surface area contributed by atoms with E-state index in [2.05, 4.69) is 24.1 Å². The lowest BCUT2D eigenvalue weighted by Gasteiger charge is -2.21. The molecule has 1 aromatic heterocycles. The van der Waals surface area contributed by atoms with Gasteiger partial charge in [0.25, 0.3) is 0 Å². The number of aliphatic hydroxyl groups is 1. The Bertz CT molecular complexity index is 310. The van der Waals surface area contributed by atoms with E-state index in [4.69, 9.17) is 5.11 Å². The van der Waals surface area contributed by atoms with Crippen molar-refractivity contribution in [1.82, 2.24) is 10.3 Å². The van der Waals surface area contributed by atoms with Crippen molar-refractivity contribution in [2.75, 3.05) is 13.2 Å². The molecule has 0 aromatic carbocycles.